The second-order valence-corrected chi connectivity index (χ2v) is 9.43. The number of nitrogens with zero attached hydrogens (tertiary/aromatic N) is 2. The number of carbonyl (C=O) groups is 1. The Hall–Kier alpha value is -2.12. The summed E-state index contributed by atoms with van der Waals surface area (Å²) in [6, 6.07) is 18.2. The van der Waals surface area contributed by atoms with Crippen LogP contribution in [0.5, 0.6) is 0 Å². The Kier molecular flexibility index (Phi) is 4.13. The van der Waals surface area contributed by atoms with E-state index in [0.717, 1.165) is 5.69 Å². The number of rotatable bonds is 2. The summed E-state index contributed by atoms with van der Waals surface area (Å²) in [6.07, 6.45) is 0. The summed E-state index contributed by atoms with van der Waals surface area (Å²) in [5, 5.41) is 0.484. The van der Waals surface area contributed by atoms with Gasteiger partial charge >= 0.3 is 0 Å². The molecule has 2 aliphatic rings. The predicted octanol–water partition coefficient (Wildman–Crippen LogP) is 2.60. The Morgan fingerprint density at radius 2 is 1.64 bits per heavy atom. The molecule has 0 saturated carbocycles. The van der Waals surface area contributed by atoms with Gasteiger partial charge in [0, 0.05) is 16.5 Å². The molecule has 2 fully saturated rings. The molecule has 1 amide bonds. The average molecular weight is 372 g/mol. The summed E-state index contributed by atoms with van der Waals surface area (Å²) < 4.78 is 24.0. The number of hydrogen-bond acceptors (Lipinski definition) is 4. The highest BCUT2D eigenvalue weighted by atomic mass is 32.2. The van der Waals surface area contributed by atoms with Crippen LogP contribution in [0, 0.1) is 0 Å². The molecule has 5 nitrogen and oxygen atoms in total. The zero-order valence-corrected chi connectivity index (χ0v) is 14.9. The standard InChI is InChI=1S/C18H16N2O3S2/c21-17(13-7-3-1-4-8-13)19-18-20(14-9-5-2-6-10-14)15-11-25(22,23)12-16(15)24-18/h1-10,15-16H,11-12H2/t15-,16-/m0/s1. The van der Waals surface area contributed by atoms with Crippen LogP contribution in [0.25, 0.3) is 0 Å². The molecule has 0 bridgehead atoms. The zero-order chi connectivity index (χ0) is 17.4. The molecule has 0 aliphatic carbocycles. The van der Waals surface area contributed by atoms with Crippen LogP contribution in [0.4, 0.5) is 5.69 Å². The fourth-order valence-electron chi connectivity index (χ4n) is 3.19. The van der Waals surface area contributed by atoms with Crippen molar-refractivity contribution >= 4 is 38.4 Å². The van der Waals surface area contributed by atoms with E-state index in [1.165, 1.54) is 11.8 Å². The number of thioether (sulfide) groups is 1. The van der Waals surface area contributed by atoms with Gasteiger partial charge in [0.1, 0.15) is 0 Å². The number of para-hydroxylation sites is 1. The molecule has 4 rings (SSSR count). The van der Waals surface area contributed by atoms with Crippen molar-refractivity contribution in [2.75, 3.05) is 16.4 Å². The van der Waals surface area contributed by atoms with E-state index < -0.39 is 9.84 Å². The fraction of sp³-hybridized carbons (Fsp3) is 0.222. The van der Waals surface area contributed by atoms with Crippen molar-refractivity contribution < 1.29 is 13.2 Å². The van der Waals surface area contributed by atoms with E-state index in [1.807, 2.05) is 41.3 Å². The Bertz CT molecular complexity index is 927. The van der Waals surface area contributed by atoms with Crippen LogP contribution in [0.1, 0.15) is 10.4 Å². The number of fused-ring (bicyclic) bond motifs is 1. The van der Waals surface area contributed by atoms with Crippen LogP contribution in [0.2, 0.25) is 0 Å². The largest absolute Gasteiger partial charge is 0.316 e. The van der Waals surface area contributed by atoms with Gasteiger partial charge in [0.2, 0.25) is 0 Å². The average Bonchev–Trinajstić information content (AvgIpc) is 3.07. The van der Waals surface area contributed by atoms with Gasteiger partial charge in [-0.2, -0.15) is 4.99 Å². The fourth-order valence-corrected chi connectivity index (χ4v) is 7.10. The first-order chi connectivity index (χ1) is 12.0. The summed E-state index contributed by atoms with van der Waals surface area (Å²) in [6.45, 7) is 0. The summed E-state index contributed by atoms with van der Waals surface area (Å²) in [4.78, 5) is 18.7. The van der Waals surface area contributed by atoms with Crippen LogP contribution in [0.3, 0.4) is 0 Å². The van der Waals surface area contributed by atoms with E-state index in [9.17, 15) is 13.2 Å². The normalized spacial score (nSPS) is 25.9. The first-order valence-electron chi connectivity index (χ1n) is 7.93. The smallest absolute Gasteiger partial charge is 0.279 e. The summed E-state index contributed by atoms with van der Waals surface area (Å²) >= 11 is 1.39. The topological polar surface area (TPSA) is 66.8 Å². The molecule has 7 heteroatoms. The van der Waals surface area contributed by atoms with E-state index in [-0.39, 0.29) is 28.7 Å². The van der Waals surface area contributed by atoms with E-state index >= 15 is 0 Å². The molecule has 2 aromatic carbocycles. The second-order valence-electron chi connectivity index (χ2n) is 6.07. The van der Waals surface area contributed by atoms with Crippen LogP contribution in [0.15, 0.2) is 65.7 Å². The molecule has 2 aromatic rings. The van der Waals surface area contributed by atoms with E-state index in [1.54, 1.807) is 24.3 Å². The van der Waals surface area contributed by atoms with Gasteiger partial charge in [0.15, 0.2) is 15.0 Å². The number of aliphatic imine (C=N–C) groups is 1. The first kappa shape index (κ1) is 16.4. The molecule has 128 valence electrons. The Labute approximate surface area is 150 Å². The minimum atomic E-state index is -3.05. The van der Waals surface area contributed by atoms with E-state index in [4.69, 9.17) is 0 Å². The lowest BCUT2D eigenvalue weighted by Crippen LogP contribution is -2.37. The molecule has 0 N–H and O–H groups in total. The Balaban J connectivity index is 1.72. The van der Waals surface area contributed by atoms with Gasteiger partial charge < -0.3 is 4.90 Å². The number of anilines is 1. The third kappa shape index (κ3) is 3.21. The van der Waals surface area contributed by atoms with Crippen molar-refractivity contribution in [3.63, 3.8) is 0 Å². The third-order valence-corrected chi connectivity index (χ3v) is 7.53. The van der Waals surface area contributed by atoms with Crippen LogP contribution in [-0.2, 0) is 9.84 Å². The molecule has 25 heavy (non-hydrogen) atoms. The van der Waals surface area contributed by atoms with Gasteiger partial charge in [-0.25, -0.2) is 8.42 Å². The molecular formula is C18H16N2O3S2. The Morgan fingerprint density at radius 3 is 2.32 bits per heavy atom. The molecular weight excluding hydrogens is 356 g/mol. The van der Waals surface area contributed by atoms with Gasteiger partial charge in [-0.15, -0.1) is 0 Å². The highest BCUT2D eigenvalue weighted by Crippen LogP contribution is 2.40. The molecule has 0 aromatic heterocycles. The lowest BCUT2D eigenvalue weighted by molar-refractivity contribution is 0.100. The van der Waals surface area contributed by atoms with Crippen molar-refractivity contribution in [3.8, 4) is 0 Å². The number of amidine groups is 1. The van der Waals surface area contributed by atoms with Gasteiger partial charge in [-0.1, -0.05) is 48.2 Å². The SMILES string of the molecule is O=C(N=C1S[C@H]2CS(=O)(=O)C[C@@H]2N1c1ccccc1)c1ccccc1. The van der Waals surface area contributed by atoms with Gasteiger partial charge in [-0.3, -0.25) is 4.79 Å². The minimum absolute atomic E-state index is 0.0903. The quantitative estimate of drug-likeness (QED) is 0.811. The highest BCUT2D eigenvalue weighted by Gasteiger charge is 2.49. The van der Waals surface area contributed by atoms with Gasteiger partial charge in [-0.05, 0) is 24.3 Å². The zero-order valence-electron chi connectivity index (χ0n) is 13.3. The number of sulfone groups is 1. The summed E-state index contributed by atoms with van der Waals surface area (Å²) in [7, 11) is -3.05. The number of hydrogen-bond donors (Lipinski definition) is 0. The molecule has 2 atom stereocenters. The third-order valence-electron chi connectivity index (χ3n) is 4.32. The van der Waals surface area contributed by atoms with E-state index in [0.29, 0.717) is 10.7 Å². The minimum Gasteiger partial charge on any atom is -0.316 e. The summed E-state index contributed by atoms with van der Waals surface area (Å²) in [5.74, 6) is -0.0886. The lowest BCUT2D eigenvalue weighted by Gasteiger charge is -2.24. The molecule has 2 aliphatic heterocycles. The number of carbonyl (C=O) groups excluding carboxylic acids is 1. The van der Waals surface area contributed by atoms with Crippen molar-refractivity contribution in [2.45, 2.75) is 11.3 Å². The maximum atomic E-state index is 12.5. The maximum absolute atomic E-state index is 12.5. The molecule has 0 radical (unpaired) electrons. The molecule has 0 spiro atoms. The van der Waals surface area contributed by atoms with Crippen molar-refractivity contribution in [1.29, 1.82) is 0 Å². The second kappa shape index (κ2) is 6.31. The number of amides is 1. The van der Waals surface area contributed by atoms with Crippen molar-refractivity contribution in [3.05, 3.63) is 66.2 Å². The summed E-state index contributed by atoms with van der Waals surface area (Å²) in [5.41, 5.74) is 1.38. The Morgan fingerprint density at radius 1 is 1.00 bits per heavy atom. The van der Waals surface area contributed by atoms with Gasteiger partial charge in [0.25, 0.3) is 5.91 Å². The monoisotopic (exact) mass is 372 g/mol. The van der Waals surface area contributed by atoms with Gasteiger partial charge in [0.05, 0.1) is 17.5 Å². The predicted molar refractivity (Wildman–Crippen MR) is 101 cm³/mol. The van der Waals surface area contributed by atoms with Crippen LogP contribution < -0.4 is 4.90 Å². The molecule has 0 unspecified atom stereocenters. The van der Waals surface area contributed by atoms with Crippen molar-refractivity contribution in [1.82, 2.24) is 0 Å². The first-order valence-corrected chi connectivity index (χ1v) is 10.6. The number of benzene rings is 2. The van der Waals surface area contributed by atoms with Crippen LogP contribution in [-0.4, -0.2) is 42.3 Å². The highest BCUT2D eigenvalue weighted by molar-refractivity contribution is 8.16. The van der Waals surface area contributed by atoms with Crippen molar-refractivity contribution in [2.24, 2.45) is 4.99 Å². The molecule has 2 heterocycles. The molecule has 2 saturated heterocycles. The van der Waals surface area contributed by atoms with E-state index in [2.05, 4.69) is 4.99 Å². The lowest BCUT2D eigenvalue weighted by atomic mass is 10.2. The van der Waals surface area contributed by atoms with Crippen LogP contribution >= 0.6 is 11.8 Å². The maximum Gasteiger partial charge on any atom is 0.279 e.